The molecule has 0 amide bonds. The Labute approximate surface area is 117 Å². The zero-order chi connectivity index (χ0) is 13.1. The number of benzene rings is 1. The Morgan fingerprint density at radius 3 is 3.05 bits per heavy atom. The van der Waals surface area contributed by atoms with Gasteiger partial charge in [0.05, 0.1) is 18.8 Å². The highest BCUT2D eigenvalue weighted by molar-refractivity contribution is 7.07. The molecule has 0 saturated carbocycles. The smallest absolute Gasteiger partial charge is 0.0997 e. The van der Waals surface area contributed by atoms with E-state index in [1.807, 2.05) is 0 Å². The highest BCUT2D eigenvalue weighted by Crippen LogP contribution is 2.30. The summed E-state index contributed by atoms with van der Waals surface area (Å²) in [5.74, 6) is 5.75. The van der Waals surface area contributed by atoms with E-state index in [4.69, 9.17) is 10.6 Å². The van der Waals surface area contributed by atoms with Gasteiger partial charge in [0.2, 0.25) is 0 Å². The van der Waals surface area contributed by atoms with Crippen LogP contribution >= 0.6 is 11.3 Å². The lowest BCUT2D eigenvalue weighted by atomic mass is 9.91. The third-order valence-electron chi connectivity index (χ3n) is 3.65. The van der Waals surface area contributed by atoms with Gasteiger partial charge >= 0.3 is 0 Å². The molecule has 0 bridgehead atoms. The van der Waals surface area contributed by atoms with Crippen LogP contribution in [0.1, 0.15) is 22.8 Å². The van der Waals surface area contributed by atoms with Gasteiger partial charge in [0.15, 0.2) is 0 Å². The lowest BCUT2D eigenvalue weighted by Gasteiger charge is -2.32. The van der Waals surface area contributed by atoms with Gasteiger partial charge in [-0.2, -0.15) is 11.3 Å². The highest BCUT2D eigenvalue weighted by Gasteiger charge is 2.28. The molecule has 2 aromatic rings. The van der Waals surface area contributed by atoms with Crippen LogP contribution in [0, 0.1) is 0 Å². The molecule has 3 rings (SSSR count). The number of nitrogens with two attached hydrogens (primary N) is 1. The molecular weight excluding hydrogens is 256 g/mol. The van der Waals surface area contributed by atoms with Crippen LogP contribution in [0.3, 0.4) is 0 Å². The Kier molecular flexibility index (Phi) is 3.94. The average molecular weight is 274 g/mol. The van der Waals surface area contributed by atoms with Gasteiger partial charge in [-0.05, 0) is 46.4 Å². The van der Waals surface area contributed by atoms with E-state index < -0.39 is 0 Å². The number of rotatable bonds is 4. The van der Waals surface area contributed by atoms with Crippen LogP contribution in [0.15, 0.2) is 41.1 Å². The lowest BCUT2D eigenvalue weighted by molar-refractivity contribution is 0.0154. The Morgan fingerprint density at radius 1 is 1.37 bits per heavy atom. The number of hydrogen-bond donors (Lipinski definition) is 2. The predicted octanol–water partition coefficient (Wildman–Crippen LogP) is 2.44. The van der Waals surface area contributed by atoms with Crippen LogP contribution in [-0.4, -0.2) is 12.6 Å². The van der Waals surface area contributed by atoms with Gasteiger partial charge in [-0.3, -0.25) is 11.3 Å². The maximum atomic E-state index is 5.97. The quantitative estimate of drug-likeness (QED) is 0.665. The molecule has 0 fully saturated rings. The first-order valence-electron chi connectivity index (χ1n) is 6.55. The SMILES string of the molecule is NNC(Cc1ccsc1)C1OCCc2ccccc21. The normalized spacial score (nSPS) is 19.9. The average Bonchev–Trinajstić information content (AvgIpc) is 2.97. The van der Waals surface area contributed by atoms with E-state index in [2.05, 4.69) is 46.5 Å². The van der Waals surface area contributed by atoms with Crippen molar-refractivity contribution >= 4 is 11.3 Å². The van der Waals surface area contributed by atoms with E-state index in [9.17, 15) is 0 Å². The molecule has 100 valence electrons. The fourth-order valence-electron chi connectivity index (χ4n) is 2.67. The van der Waals surface area contributed by atoms with Crippen molar-refractivity contribution in [2.45, 2.75) is 25.0 Å². The summed E-state index contributed by atoms with van der Waals surface area (Å²) in [5.41, 5.74) is 6.89. The Hall–Kier alpha value is -1.20. The van der Waals surface area contributed by atoms with Gasteiger partial charge < -0.3 is 4.74 Å². The standard InChI is InChI=1S/C15H18N2OS/c16-17-14(9-11-6-8-19-10-11)15-13-4-2-1-3-12(13)5-7-18-15/h1-4,6,8,10,14-15,17H,5,7,9,16H2. The van der Waals surface area contributed by atoms with Gasteiger partial charge in [-0.25, -0.2) is 0 Å². The van der Waals surface area contributed by atoms with E-state index in [1.165, 1.54) is 16.7 Å². The van der Waals surface area contributed by atoms with Crippen LogP contribution in [0.25, 0.3) is 0 Å². The molecule has 0 aliphatic carbocycles. The van der Waals surface area contributed by atoms with Gasteiger partial charge in [0.1, 0.15) is 0 Å². The van der Waals surface area contributed by atoms with E-state index >= 15 is 0 Å². The molecule has 0 saturated heterocycles. The largest absolute Gasteiger partial charge is 0.371 e. The van der Waals surface area contributed by atoms with Crippen LogP contribution in [0.5, 0.6) is 0 Å². The second-order valence-electron chi connectivity index (χ2n) is 4.85. The summed E-state index contributed by atoms with van der Waals surface area (Å²) in [6, 6.07) is 10.7. The monoisotopic (exact) mass is 274 g/mol. The molecule has 4 heteroatoms. The van der Waals surface area contributed by atoms with Gasteiger partial charge in [0.25, 0.3) is 0 Å². The summed E-state index contributed by atoms with van der Waals surface area (Å²) in [6.07, 6.45) is 1.91. The van der Waals surface area contributed by atoms with E-state index in [1.54, 1.807) is 11.3 Å². The number of nitrogens with one attached hydrogen (secondary N) is 1. The molecular formula is C15H18N2OS. The first-order valence-corrected chi connectivity index (χ1v) is 7.49. The van der Waals surface area contributed by atoms with Gasteiger partial charge in [0, 0.05) is 0 Å². The minimum absolute atomic E-state index is 0.0369. The topological polar surface area (TPSA) is 47.3 Å². The van der Waals surface area contributed by atoms with Crippen molar-refractivity contribution in [2.24, 2.45) is 5.84 Å². The van der Waals surface area contributed by atoms with Gasteiger partial charge in [-0.15, -0.1) is 0 Å². The van der Waals surface area contributed by atoms with Crippen molar-refractivity contribution in [1.29, 1.82) is 0 Å². The van der Waals surface area contributed by atoms with Crippen molar-refractivity contribution in [3.05, 3.63) is 57.8 Å². The Bertz CT molecular complexity index is 527. The zero-order valence-corrected chi connectivity index (χ0v) is 11.5. The van der Waals surface area contributed by atoms with Crippen molar-refractivity contribution in [3.8, 4) is 0 Å². The molecule has 0 spiro atoms. The van der Waals surface area contributed by atoms with Crippen molar-refractivity contribution < 1.29 is 4.74 Å². The highest BCUT2D eigenvalue weighted by atomic mass is 32.1. The van der Waals surface area contributed by atoms with Gasteiger partial charge in [-0.1, -0.05) is 24.3 Å². The summed E-state index contributed by atoms with van der Waals surface area (Å²) in [6.45, 7) is 0.767. The molecule has 3 nitrogen and oxygen atoms in total. The summed E-state index contributed by atoms with van der Waals surface area (Å²) in [7, 11) is 0. The molecule has 3 N–H and O–H groups in total. The lowest BCUT2D eigenvalue weighted by Crippen LogP contribution is -2.43. The van der Waals surface area contributed by atoms with E-state index in [0.717, 1.165) is 19.4 Å². The summed E-state index contributed by atoms with van der Waals surface area (Å²) >= 11 is 1.71. The predicted molar refractivity (Wildman–Crippen MR) is 78.0 cm³/mol. The maximum absolute atomic E-state index is 5.97. The van der Waals surface area contributed by atoms with E-state index in [0.29, 0.717) is 0 Å². The van der Waals surface area contributed by atoms with Crippen molar-refractivity contribution in [2.75, 3.05) is 6.61 Å². The second kappa shape index (κ2) is 5.84. The fourth-order valence-corrected chi connectivity index (χ4v) is 3.36. The number of thiophene rings is 1. The van der Waals surface area contributed by atoms with Crippen LogP contribution in [0.2, 0.25) is 0 Å². The Morgan fingerprint density at radius 2 is 2.26 bits per heavy atom. The van der Waals surface area contributed by atoms with Crippen LogP contribution in [0.4, 0.5) is 0 Å². The third-order valence-corrected chi connectivity index (χ3v) is 4.38. The summed E-state index contributed by atoms with van der Waals surface area (Å²) < 4.78 is 5.97. The summed E-state index contributed by atoms with van der Waals surface area (Å²) in [5, 5.41) is 4.26. The first-order chi connectivity index (χ1) is 9.38. The molecule has 2 unspecified atom stereocenters. The van der Waals surface area contributed by atoms with Crippen molar-refractivity contribution in [1.82, 2.24) is 5.43 Å². The molecule has 19 heavy (non-hydrogen) atoms. The minimum Gasteiger partial charge on any atom is -0.371 e. The second-order valence-corrected chi connectivity index (χ2v) is 5.63. The fraction of sp³-hybridized carbons (Fsp3) is 0.333. The minimum atomic E-state index is 0.0369. The number of hydrazine groups is 1. The van der Waals surface area contributed by atoms with Crippen molar-refractivity contribution in [3.63, 3.8) is 0 Å². The number of ether oxygens (including phenoxy) is 1. The first kappa shape index (κ1) is 12.8. The molecule has 1 aromatic carbocycles. The van der Waals surface area contributed by atoms with E-state index in [-0.39, 0.29) is 12.1 Å². The zero-order valence-electron chi connectivity index (χ0n) is 10.7. The number of fused-ring (bicyclic) bond motifs is 1. The van der Waals surface area contributed by atoms with Crippen LogP contribution in [-0.2, 0) is 17.6 Å². The molecule has 1 aliphatic rings. The van der Waals surface area contributed by atoms with Crippen LogP contribution < -0.4 is 11.3 Å². The molecule has 2 heterocycles. The molecule has 2 atom stereocenters. The maximum Gasteiger partial charge on any atom is 0.0997 e. The summed E-state index contributed by atoms with van der Waals surface area (Å²) in [4.78, 5) is 0. The molecule has 1 aromatic heterocycles. The molecule has 0 radical (unpaired) electrons. The molecule has 1 aliphatic heterocycles. The number of hydrogen-bond acceptors (Lipinski definition) is 4. The third kappa shape index (κ3) is 2.72. The Balaban J connectivity index is 1.84.